The lowest BCUT2D eigenvalue weighted by Crippen LogP contribution is -2.39. The van der Waals surface area contributed by atoms with Crippen molar-refractivity contribution in [2.75, 3.05) is 26.0 Å². The van der Waals surface area contributed by atoms with E-state index in [2.05, 4.69) is 19.2 Å². The lowest BCUT2D eigenvalue weighted by Gasteiger charge is -2.24. The average molecular weight is 303 g/mol. The zero-order valence-electron chi connectivity index (χ0n) is 13.8. The van der Waals surface area contributed by atoms with Gasteiger partial charge in [0.15, 0.2) is 0 Å². The SMILES string of the molecule is CC(C)CN(C(=O)Nc1cccc(C(=O)N(C)C)c1)C1CC1. The second kappa shape index (κ2) is 6.81. The van der Waals surface area contributed by atoms with Crippen LogP contribution in [0.3, 0.4) is 0 Å². The summed E-state index contributed by atoms with van der Waals surface area (Å²) in [6.45, 7) is 4.98. The van der Waals surface area contributed by atoms with Crippen molar-refractivity contribution in [2.45, 2.75) is 32.7 Å². The summed E-state index contributed by atoms with van der Waals surface area (Å²) in [6, 6.07) is 7.37. The molecule has 1 aromatic carbocycles. The van der Waals surface area contributed by atoms with E-state index in [0.29, 0.717) is 23.2 Å². The maximum absolute atomic E-state index is 12.5. The van der Waals surface area contributed by atoms with Crippen molar-refractivity contribution in [1.29, 1.82) is 0 Å². The van der Waals surface area contributed by atoms with Crippen molar-refractivity contribution in [3.63, 3.8) is 0 Å². The van der Waals surface area contributed by atoms with Crippen LogP contribution in [0.4, 0.5) is 10.5 Å². The molecule has 1 saturated carbocycles. The van der Waals surface area contributed by atoms with Gasteiger partial charge in [-0.05, 0) is 37.0 Å². The third-order valence-electron chi connectivity index (χ3n) is 3.58. The fraction of sp³-hybridized carbons (Fsp3) is 0.529. The van der Waals surface area contributed by atoms with Crippen molar-refractivity contribution in [1.82, 2.24) is 9.80 Å². The molecule has 0 radical (unpaired) electrons. The van der Waals surface area contributed by atoms with E-state index in [-0.39, 0.29) is 11.9 Å². The Hall–Kier alpha value is -2.04. The van der Waals surface area contributed by atoms with Gasteiger partial charge >= 0.3 is 6.03 Å². The molecule has 1 aliphatic carbocycles. The number of carbonyl (C=O) groups excluding carboxylic acids is 2. The molecule has 0 atom stereocenters. The van der Waals surface area contributed by atoms with E-state index in [1.54, 1.807) is 32.3 Å². The summed E-state index contributed by atoms with van der Waals surface area (Å²) < 4.78 is 0. The fourth-order valence-electron chi connectivity index (χ4n) is 2.36. The number of anilines is 1. The van der Waals surface area contributed by atoms with Crippen LogP contribution in [0.2, 0.25) is 0 Å². The van der Waals surface area contributed by atoms with Crippen LogP contribution in [-0.4, -0.2) is 48.4 Å². The zero-order valence-corrected chi connectivity index (χ0v) is 13.8. The number of nitrogens with zero attached hydrogens (tertiary/aromatic N) is 2. The molecule has 3 amide bonds. The van der Waals surface area contributed by atoms with E-state index < -0.39 is 0 Å². The standard InChI is InChI=1S/C17H25N3O2/c1-12(2)11-20(15-8-9-15)17(22)18-14-7-5-6-13(10-14)16(21)19(3)4/h5-7,10,12,15H,8-9,11H2,1-4H3,(H,18,22). The molecule has 1 aromatic rings. The number of rotatable bonds is 5. The first-order valence-corrected chi connectivity index (χ1v) is 7.78. The van der Waals surface area contributed by atoms with Gasteiger partial charge in [0.25, 0.3) is 5.91 Å². The fourth-order valence-corrected chi connectivity index (χ4v) is 2.36. The monoisotopic (exact) mass is 303 g/mol. The van der Waals surface area contributed by atoms with Crippen LogP contribution >= 0.6 is 0 Å². The van der Waals surface area contributed by atoms with Crippen molar-refractivity contribution >= 4 is 17.6 Å². The van der Waals surface area contributed by atoms with Gasteiger partial charge in [-0.25, -0.2) is 4.79 Å². The van der Waals surface area contributed by atoms with Gasteiger partial charge in [-0.1, -0.05) is 19.9 Å². The second-order valence-electron chi connectivity index (χ2n) is 6.49. The normalized spacial score (nSPS) is 13.9. The Kier molecular flexibility index (Phi) is 5.06. The van der Waals surface area contributed by atoms with Crippen LogP contribution < -0.4 is 5.32 Å². The van der Waals surface area contributed by atoms with Crippen molar-refractivity contribution in [2.24, 2.45) is 5.92 Å². The highest BCUT2D eigenvalue weighted by Gasteiger charge is 2.32. The largest absolute Gasteiger partial charge is 0.345 e. The molecule has 0 saturated heterocycles. The van der Waals surface area contributed by atoms with E-state index >= 15 is 0 Å². The lowest BCUT2D eigenvalue weighted by atomic mass is 10.2. The van der Waals surface area contributed by atoms with Crippen molar-refractivity contribution < 1.29 is 9.59 Å². The Balaban J connectivity index is 2.07. The first kappa shape index (κ1) is 16.3. The quantitative estimate of drug-likeness (QED) is 0.909. The molecule has 22 heavy (non-hydrogen) atoms. The summed E-state index contributed by atoms with van der Waals surface area (Å²) in [4.78, 5) is 27.9. The minimum atomic E-state index is -0.0781. The highest BCUT2D eigenvalue weighted by molar-refractivity contribution is 5.96. The molecule has 0 bridgehead atoms. The Morgan fingerprint density at radius 2 is 1.95 bits per heavy atom. The first-order chi connectivity index (χ1) is 10.4. The molecule has 0 unspecified atom stereocenters. The predicted octanol–water partition coefficient (Wildman–Crippen LogP) is 3.04. The molecule has 5 nitrogen and oxygen atoms in total. The number of hydrogen-bond donors (Lipinski definition) is 1. The number of urea groups is 1. The highest BCUT2D eigenvalue weighted by Crippen LogP contribution is 2.28. The van der Waals surface area contributed by atoms with Gasteiger partial charge in [0.2, 0.25) is 0 Å². The summed E-state index contributed by atoms with van der Waals surface area (Å²) >= 11 is 0. The molecule has 0 heterocycles. The molecule has 1 aliphatic rings. The van der Waals surface area contributed by atoms with Gasteiger partial charge in [-0.2, -0.15) is 0 Å². The van der Waals surface area contributed by atoms with Gasteiger partial charge in [0, 0.05) is 37.9 Å². The van der Waals surface area contributed by atoms with Gasteiger partial charge < -0.3 is 15.1 Å². The van der Waals surface area contributed by atoms with Crippen LogP contribution in [-0.2, 0) is 0 Å². The number of amides is 3. The van der Waals surface area contributed by atoms with Crippen molar-refractivity contribution in [3.05, 3.63) is 29.8 Å². The van der Waals surface area contributed by atoms with Crippen molar-refractivity contribution in [3.8, 4) is 0 Å². The van der Waals surface area contributed by atoms with Crippen LogP contribution in [0.15, 0.2) is 24.3 Å². The minimum absolute atomic E-state index is 0.0719. The number of benzene rings is 1. The third kappa shape index (κ3) is 4.23. The summed E-state index contributed by atoms with van der Waals surface area (Å²) in [5, 5.41) is 2.92. The molecular weight excluding hydrogens is 278 g/mol. The number of carbonyl (C=O) groups is 2. The topological polar surface area (TPSA) is 52.7 Å². The Labute approximate surface area is 132 Å². The molecule has 120 valence electrons. The zero-order chi connectivity index (χ0) is 16.3. The summed E-state index contributed by atoms with van der Waals surface area (Å²) in [5.41, 5.74) is 1.23. The number of hydrogen-bond acceptors (Lipinski definition) is 2. The maximum atomic E-state index is 12.5. The van der Waals surface area contributed by atoms with Gasteiger partial charge in [-0.15, -0.1) is 0 Å². The Morgan fingerprint density at radius 1 is 1.27 bits per heavy atom. The predicted molar refractivity (Wildman–Crippen MR) is 88.0 cm³/mol. The smallest absolute Gasteiger partial charge is 0.322 e. The van der Waals surface area contributed by atoms with E-state index in [1.165, 1.54) is 4.90 Å². The Bertz CT molecular complexity index is 551. The molecular formula is C17H25N3O2. The van der Waals surface area contributed by atoms with Gasteiger partial charge in [0.05, 0.1) is 0 Å². The minimum Gasteiger partial charge on any atom is -0.345 e. The molecule has 1 fully saturated rings. The van der Waals surface area contributed by atoms with E-state index in [0.717, 1.165) is 19.4 Å². The molecule has 5 heteroatoms. The molecule has 0 spiro atoms. The van der Waals surface area contributed by atoms with Gasteiger partial charge in [-0.3, -0.25) is 4.79 Å². The molecule has 0 aromatic heterocycles. The van der Waals surface area contributed by atoms with E-state index in [1.807, 2.05) is 11.0 Å². The first-order valence-electron chi connectivity index (χ1n) is 7.78. The molecule has 1 N–H and O–H groups in total. The van der Waals surface area contributed by atoms with Crippen LogP contribution in [0.1, 0.15) is 37.0 Å². The van der Waals surface area contributed by atoms with E-state index in [4.69, 9.17) is 0 Å². The van der Waals surface area contributed by atoms with Gasteiger partial charge in [0.1, 0.15) is 0 Å². The number of nitrogens with one attached hydrogen (secondary N) is 1. The molecule has 0 aliphatic heterocycles. The Morgan fingerprint density at radius 3 is 2.50 bits per heavy atom. The summed E-state index contributed by atoms with van der Waals surface area (Å²) in [7, 11) is 3.43. The summed E-state index contributed by atoms with van der Waals surface area (Å²) in [6.07, 6.45) is 2.17. The lowest BCUT2D eigenvalue weighted by molar-refractivity contribution is 0.0827. The average Bonchev–Trinajstić information content (AvgIpc) is 3.28. The van der Waals surface area contributed by atoms with Crippen LogP contribution in [0.25, 0.3) is 0 Å². The maximum Gasteiger partial charge on any atom is 0.322 e. The van der Waals surface area contributed by atoms with E-state index in [9.17, 15) is 9.59 Å². The van der Waals surface area contributed by atoms with Crippen LogP contribution in [0.5, 0.6) is 0 Å². The summed E-state index contributed by atoms with van der Waals surface area (Å²) in [5.74, 6) is 0.366. The molecule has 2 rings (SSSR count). The third-order valence-corrected chi connectivity index (χ3v) is 3.58. The van der Waals surface area contributed by atoms with Crippen LogP contribution in [0, 0.1) is 5.92 Å². The second-order valence-corrected chi connectivity index (χ2v) is 6.49. The highest BCUT2D eigenvalue weighted by atomic mass is 16.2.